The Morgan fingerprint density at radius 3 is 2.60 bits per heavy atom. The quantitative estimate of drug-likeness (QED) is 0.803. The Morgan fingerprint density at radius 2 is 2.05 bits per heavy atom. The van der Waals surface area contributed by atoms with Crippen LogP contribution >= 0.6 is 0 Å². The van der Waals surface area contributed by atoms with Gasteiger partial charge in [0.25, 0.3) is 0 Å². The zero-order valence-corrected chi connectivity index (χ0v) is 11.8. The van der Waals surface area contributed by atoms with Gasteiger partial charge in [0.15, 0.2) is 0 Å². The molecule has 1 atom stereocenters. The minimum absolute atomic E-state index is 0.0620. The van der Waals surface area contributed by atoms with Gasteiger partial charge in [0.1, 0.15) is 6.10 Å². The molecule has 20 heavy (non-hydrogen) atoms. The van der Waals surface area contributed by atoms with Crippen molar-refractivity contribution in [3.63, 3.8) is 0 Å². The van der Waals surface area contributed by atoms with Crippen molar-refractivity contribution in [1.29, 1.82) is 0 Å². The number of carbonyl (C=O) groups is 1. The molecule has 110 valence electrons. The number of ether oxygens (including phenoxy) is 2. The Labute approximate surface area is 117 Å². The molecule has 0 aliphatic carbocycles. The molecule has 1 heterocycles. The summed E-state index contributed by atoms with van der Waals surface area (Å²) in [6.07, 6.45) is 1.37. The zero-order valence-electron chi connectivity index (χ0n) is 10.9. The molecule has 0 radical (unpaired) electrons. The molecular formula is C13H17NO5S. The largest absolute Gasteiger partial charge is 0.460 e. The second kappa shape index (κ2) is 6.34. The topological polar surface area (TPSA) is 95.7 Å². The van der Waals surface area contributed by atoms with Gasteiger partial charge in [-0.3, -0.25) is 4.79 Å². The lowest BCUT2D eigenvalue weighted by Crippen LogP contribution is -2.18. The van der Waals surface area contributed by atoms with Gasteiger partial charge in [0.05, 0.1) is 18.1 Å². The summed E-state index contributed by atoms with van der Waals surface area (Å²) in [5, 5.41) is 5.01. The van der Waals surface area contributed by atoms with Gasteiger partial charge in [-0.1, -0.05) is 12.1 Å². The average molecular weight is 299 g/mol. The van der Waals surface area contributed by atoms with E-state index in [1.807, 2.05) is 0 Å². The monoisotopic (exact) mass is 299 g/mol. The van der Waals surface area contributed by atoms with Crippen LogP contribution in [0.3, 0.4) is 0 Å². The van der Waals surface area contributed by atoms with Crippen LogP contribution in [-0.2, 0) is 30.7 Å². The van der Waals surface area contributed by atoms with Crippen LogP contribution in [0.15, 0.2) is 29.2 Å². The smallest absolute Gasteiger partial charge is 0.306 e. The molecule has 1 aromatic rings. The molecule has 1 aliphatic heterocycles. The van der Waals surface area contributed by atoms with Crippen LogP contribution in [-0.4, -0.2) is 33.7 Å². The number of primary sulfonamides is 1. The molecule has 1 unspecified atom stereocenters. The fourth-order valence-electron chi connectivity index (χ4n) is 1.94. The van der Waals surface area contributed by atoms with E-state index in [-0.39, 0.29) is 23.4 Å². The molecule has 2 rings (SSSR count). The van der Waals surface area contributed by atoms with Crippen molar-refractivity contribution in [2.24, 2.45) is 5.14 Å². The number of hydrogen-bond donors (Lipinski definition) is 1. The van der Waals surface area contributed by atoms with Gasteiger partial charge in [-0.2, -0.15) is 0 Å². The van der Waals surface area contributed by atoms with Crippen molar-refractivity contribution in [2.45, 2.75) is 30.3 Å². The minimum Gasteiger partial charge on any atom is -0.460 e. The van der Waals surface area contributed by atoms with Crippen LogP contribution in [0.25, 0.3) is 0 Å². The van der Waals surface area contributed by atoms with Gasteiger partial charge in [0, 0.05) is 12.8 Å². The Hall–Kier alpha value is -1.44. The molecule has 6 nitrogen and oxygen atoms in total. The van der Waals surface area contributed by atoms with Crippen molar-refractivity contribution in [3.8, 4) is 0 Å². The van der Waals surface area contributed by atoms with E-state index in [2.05, 4.69) is 0 Å². The second-order valence-electron chi connectivity index (χ2n) is 4.66. The lowest BCUT2D eigenvalue weighted by atomic mass is 10.1. The van der Waals surface area contributed by atoms with Crippen LogP contribution in [0, 0.1) is 0 Å². The predicted octanol–water partition coefficient (Wildman–Crippen LogP) is 0.599. The molecule has 7 heteroatoms. The number of carbonyl (C=O) groups excluding carboxylic acids is 1. The lowest BCUT2D eigenvalue weighted by Gasteiger charge is -2.09. The molecule has 0 spiro atoms. The van der Waals surface area contributed by atoms with Crippen molar-refractivity contribution >= 4 is 16.0 Å². The van der Waals surface area contributed by atoms with E-state index in [0.29, 0.717) is 19.6 Å². The minimum atomic E-state index is -3.67. The third-order valence-corrected chi connectivity index (χ3v) is 3.98. The summed E-state index contributed by atoms with van der Waals surface area (Å²) in [6.45, 7) is 1.10. The fraction of sp³-hybridized carbons (Fsp3) is 0.462. The Kier molecular flexibility index (Phi) is 4.74. The Bertz CT molecular complexity index is 561. The highest BCUT2D eigenvalue weighted by Crippen LogP contribution is 2.12. The first-order valence-corrected chi connectivity index (χ1v) is 7.89. The van der Waals surface area contributed by atoms with E-state index in [4.69, 9.17) is 14.6 Å². The first-order valence-electron chi connectivity index (χ1n) is 6.34. The lowest BCUT2D eigenvalue weighted by molar-refractivity contribution is -0.148. The van der Waals surface area contributed by atoms with Crippen LogP contribution < -0.4 is 5.14 Å². The average Bonchev–Trinajstić information content (AvgIpc) is 2.88. The number of hydrogen-bond acceptors (Lipinski definition) is 5. The Balaban J connectivity index is 1.83. The summed E-state index contributed by atoms with van der Waals surface area (Å²) in [5.41, 5.74) is 0.858. The number of rotatable bonds is 5. The molecule has 1 fully saturated rings. The highest BCUT2D eigenvalue weighted by atomic mass is 32.2. The molecule has 1 saturated heterocycles. The summed E-state index contributed by atoms with van der Waals surface area (Å²) in [7, 11) is -3.67. The van der Waals surface area contributed by atoms with Gasteiger partial charge >= 0.3 is 5.97 Å². The fourth-order valence-corrected chi connectivity index (χ4v) is 2.46. The van der Waals surface area contributed by atoms with E-state index >= 15 is 0 Å². The number of sulfonamides is 1. The SMILES string of the molecule is NS(=O)(=O)c1ccc(CCC(=O)OC2CCOC2)cc1. The number of benzene rings is 1. The molecule has 1 aliphatic rings. The first-order chi connectivity index (χ1) is 9.45. The van der Waals surface area contributed by atoms with E-state index < -0.39 is 10.0 Å². The predicted molar refractivity (Wildman–Crippen MR) is 71.5 cm³/mol. The van der Waals surface area contributed by atoms with E-state index in [0.717, 1.165) is 12.0 Å². The second-order valence-corrected chi connectivity index (χ2v) is 6.23. The van der Waals surface area contributed by atoms with Crippen molar-refractivity contribution in [2.75, 3.05) is 13.2 Å². The maximum absolute atomic E-state index is 11.6. The summed E-state index contributed by atoms with van der Waals surface area (Å²) in [5.74, 6) is -0.268. The number of nitrogens with two attached hydrogens (primary N) is 1. The summed E-state index contributed by atoms with van der Waals surface area (Å²) in [4.78, 5) is 11.7. The summed E-state index contributed by atoms with van der Waals surface area (Å²) < 4.78 is 32.5. The van der Waals surface area contributed by atoms with Crippen molar-refractivity contribution in [1.82, 2.24) is 0 Å². The third kappa shape index (κ3) is 4.29. The maximum atomic E-state index is 11.6. The number of aryl methyl sites for hydroxylation is 1. The normalized spacial score (nSPS) is 18.9. The zero-order chi connectivity index (χ0) is 14.6. The maximum Gasteiger partial charge on any atom is 0.306 e. The number of esters is 1. The molecule has 2 N–H and O–H groups in total. The van der Waals surface area contributed by atoms with E-state index in [9.17, 15) is 13.2 Å². The Morgan fingerprint density at radius 1 is 1.35 bits per heavy atom. The van der Waals surface area contributed by atoms with Crippen LogP contribution in [0.4, 0.5) is 0 Å². The molecule has 0 saturated carbocycles. The molecule has 1 aromatic carbocycles. The highest BCUT2D eigenvalue weighted by Gasteiger charge is 2.19. The standard InChI is InChI=1S/C13H17NO5S/c14-20(16,17)12-4-1-10(2-5-12)3-6-13(15)19-11-7-8-18-9-11/h1-2,4-5,11H,3,6-9H2,(H2,14,16,17). The van der Waals surface area contributed by atoms with Crippen LogP contribution in [0.2, 0.25) is 0 Å². The van der Waals surface area contributed by atoms with Crippen molar-refractivity contribution < 1.29 is 22.7 Å². The van der Waals surface area contributed by atoms with Crippen molar-refractivity contribution in [3.05, 3.63) is 29.8 Å². The van der Waals surface area contributed by atoms with Gasteiger partial charge in [-0.05, 0) is 24.1 Å². The van der Waals surface area contributed by atoms with E-state index in [1.54, 1.807) is 12.1 Å². The van der Waals surface area contributed by atoms with Crippen LogP contribution in [0.1, 0.15) is 18.4 Å². The molecule has 0 amide bonds. The first kappa shape index (κ1) is 15.0. The van der Waals surface area contributed by atoms with E-state index in [1.165, 1.54) is 12.1 Å². The molecule has 0 bridgehead atoms. The van der Waals surface area contributed by atoms with Gasteiger partial charge in [-0.15, -0.1) is 0 Å². The highest BCUT2D eigenvalue weighted by molar-refractivity contribution is 7.89. The van der Waals surface area contributed by atoms with Gasteiger partial charge in [-0.25, -0.2) is 13.6 Å². The van der Waals surface area contributed by atoms with Gasteiger partial charge in [0.2, 0.25) is 10.0 Å². The summed E-state index contributed by atoms with van der Waals surface area (Å²) >= 11 is 0. The molecular weight excluding hydrogens is 282 g/mol. The van der Waals surface area contributed by atoms with Crippen LogP contribution in [0.5, 0.6) is 0 Å². The van der Waals surface area contributed by atoms with Gasteiger partial charge < -0.3 is 9.47 Å². The molecule has 0 aromatic heterocycles. The third-order valence-electron chi connectivity index (χ3n) is 3.06. The summed E-state index contributed by atoms with van der Waals surface area (Å²) in [6, 6.07) is 6.15.